The summed E-state index contributed by atoms with van der Waals surface area (Å²) < 4.78 is 0. The molecule has 1 saturated carbocycles. The van der Waals surface area contributed by atoms with Gasteiger partial charge in [-0.3, -0.25) is 9.59 Å². The fourth-order valence-corrected chi connectivity index (χ4v) is 4.35. The third-order valence-electron chi connectivity index (χ3n) is 6.34. The fraction of sp³-hybridized carbons (Fsp3) is 0.462. The van der Waals surface area contributed by atoms with Gasteiger partial charge in [-0.15, -0.1) is 0 Å². The van der Waals surface area contributed by atoms with Gasteiger partial charge in [0.05, 0.1) is 6.42 Å². The first-order valence-corrected chi connectivity index (χ1v) is 11.6. The highest BCUT2D eigenvalue weighted by atomic mass is 35.5. The van der Waals surface area contributed by atoms with Crippen LogP contribution in [0.15, 0.2) is 42.5 Å². The number of hydrogen-bond acceptors (Lipinski definition) is 2. The van der Waals surface area contributed by atoms with E-state index in [9.17, 15) is 9.59 Å². The molecule has 2 amide bonds. The maximum absolute atomic E-state index is 13.4. The lowest BCUT2D eigenvalue weighted by Crippen LogP contribution is -2.50. The van der Waals surface area contributed by atoms with Crippen molar-refractivity contribution < 1.29 is 9.59 Å². The van der Waals surface area contributed by atoms with Gasteiger partial charge < -0.3 is 10.2 Å². The number of halogens is 1. The maximum atomic E-state index is 13.4. The van der Waals surface area contributed by atoms with E-state index in [-0.39, 0.29) is 24.3 Å². The first-order valence-electron chi connectivity index (χ1n) is 11.2. The number of aryl methyl sites for hydroxylation is 2. The Balaban J connectivity index is 1.78. The second kappa shape index (κ2) is 10.8. The molecular formula is C26H33ClN2O2. The van der Waals surface area contributed by atoms with Crippen LogP contribution >= 0.6 is 11.6 Å². The summed E-state index contributed by atoms with van der Waals surface area (Å²) in [5.74, 6) is -0.165. The number of carbonyl (C=O) groups excluding carboxylic acids is 2. The third kappa shape index (κ3) is 6.33. The van der Waals surface area contributed by atoms with Crippen LogP contribution in [0.3, 0.4) is 0 Å². The lowest BCUT2D eigenvalue weighted by atomic mass is 9.95. The van der Waals surface area contributed by atoms with Crippen molar-refractivity contribution >= 4 is 23.4 Å². The molecule has 0 spiro atoms. The van der Waals surface area contributed by atoms with Gasteiger partial charge in [0, 0.05) is 17.6 Å². The second-order valence-corrected chi connectivity index (χ2v) is 9.14. The standard InChI is InChI=1S/C26H33ClN2O2/c1-18-13-14-21(15-19(18)2)16-25(30)29(17-22-9-7-8-12-24(22)27)20(3)26(31)28-23-10-5-4-6-11-23/h7-9,12-15,20,23H,4-6,10-11,16-17H2,1-3H3,(H,28,31). The zero-order valence-corrected chi connectivity index (χ0v) is 19.5. The molecule has 1 unspecified atom stereocenters. The highest BCUT2D eigenvalue weighted by Gasteiger charge is 2.28. The van der Waals surface area contributed by atoms with E-state index in [1.807, 2.05) is 56.3 Å². The largest absolute Gasteiger partial charge is 0.352 e. The molecule has 0 bridgehead atoms. The Kier molecular flexibility index (Phi) is 8.14. The molecule has 0 aliphatic heterocycles. The summed E-state index contributed by atoms with van der Waals surface area (Å²) >= 11 is 6.37. The summed E-state index contributed by atoms with van der Waals surface area (Å²) in [5, 5.41) is 3.77. The normalized spacial score (nSPS) is 15.4. The van der Waals surface area contributed by atoms with Gasteiger partial charge >= 0.3 is 0 Å². The highest BCUT2D eigenvalue weighted by Crippen LogP contribution is 2.21. The van der Waals surface area contributed by atoms with Crippen molar-refractivity contribution in [2.45, 2.75) is 77.9 Å². The summed E-state index contributed by atoms with van der Waals surface area (Å²) in [4.78, 5) is 28.1. The topological polar surface area (TPSA) is 49.4 Å². The van der Waals surface area contributed by atoms with Crippen LogP contribution in [-0.4, -0.2) is 28.8 Å². The average molecular weight is 441 g/mol. The summed E-state index contributed by atoms with van der Waals surface area (Å²) in [6.45, 7) is 6.23. The van der Waals surface area contributed by atoms with Gasteiger partial charge in [-0.2, -0.15) is 0 Å². The zero-order chi connectivity index (χ0) is 22.4. The number of hydrogen-bond donors (Lipinski definition) is 1. The minimum absolute atomic E-state index is 0.0746. The van der Waals surface area contributed by atoms with E-state index in [1.165, 1.54) is 12.0 Å². The summed E-state index contributed by atoms with van der Waals surface area (Å²) in [5.41, 5.74) is 4.16. The molecule has 31 heavy (non-hydrogen) atoms. The van der Waals surface area contributed by atoms with Gasteiger partial charge in [0.15, 0.2) is 0 Å². The number of rotatable bonds is 7. The van der Waals surface area contributed by atoms with Crippen LogP contribution in [0.5, 0.6) is 0 Å². The lowest BCUT2D eigenvalue weighted by Gasteiger charge is -2.31. The predicted molar refractivity (Wildman–Crippen MR) is 126 cm³/mol. The molecule has 1 N–H and O–H groups in total. The van der Waals surface area contributed by atoms with Crippen LogP contribution in [0.2, 0.25) is 5.02 Å². The minimum atomic E-state index is -0.572. The SMILES string of the molecule is Cc1ccc(CC(=O)N(Cc2ccccc2Cl)C(C)C(=O)NC2CCCCC2)cc1C. The molecule has 5 heteroatoms. The maximum Gasteiger partial charge on any atom is 0.242 e. The van der Waals surface area contributed by atoms with Crippen molar-refractivity contribution in [2.24, 2.45) is 0 Å². The second-order valence-electron chi connectivity index (χ2n) is 8.73. The molecule has 0 radical (unpaired) electrons. The van der Waals surface area contributed by atoms with Gasteiger partial charge in [0.1, 0.15) is 6.04 Å². The van der Waals surface area contributed by atoms with Crippen molar-refractivity contribution in [1.29, 1.82) is 0 Å². The van der Waals surface area contributed by atoms with Gasteiger partial charge in [-0.1, -0.05) is 67.3 Å². The molecule has 4 nitrogen and oxygen atoms in total. The van der Waals surface area contributed by atoms with Crippen molar-refractivity contribution in [3.8, 4) is 0 Å². The van der Waals surface area contributed by atoms with Gasteiger partial charge in [-0.05, 0) is 61.9 Å². The molecule has 1 aliphatic rings. The molecule has 166 valence electrons. The molecule has 2 aromatic carbocycles. The number of amides is 2. The van der Waals surface area contributed by atoms with Gasteiger partial charge in [0.25, 0.3) is 0 Å². The van der Waals surface area contributed by atoms with Crippen molar-refractivity contribution in [1.82, 2.24) is 10.2 Å². The van der Waals surface area contributed by atoms with Crippen molar-refractivity contribution in [3.05, 3.63) is 69.7 Å². The lowest BCUT2D eigenvalue weighted by molar-refractivity contribution is -0.140. The van der Waals surface area contributed by atoms with E-state index in [0.717, 1.165) is 42.4 Å². The molecule has 1 atom stereocenters. The molecule has 3 rings (SSSR count). The summed E-state index contributed by atoms with van der Waals surface area (Å²) in [6, 6.07) is 13.2. The van der Waals surface area contributed by atoms with Crippen LogP contribution < -0.4 is 5.32 Å². The van der Waals surface area contributed by atoms with Crippen LogP contribution in [0, 0.1) is 13.8 Å². The Labute approximate surface area is 191 Å². The minimum Gasteiger partial charge on any atom is -0.352 e. The van der Waals surface area contributed by atoms with E-state index >= 15 is 0 Å². The first kappa shape index (κ1) is 23.3. The smallest absolute Gasteiger partial charge is 0.242 e. The molecule has 0 aromatic heterocycles. The Morgan fingerprint density at radius 3 is 2.45 bits per heavy atom. The molecule has 0 heterocycles. The molecule has 1 aliphatic carbocycles. The van der Waals surface area contributed by atoms with E-state index in [0.29, 0.717) is 11.6 Å². The molecule has 2 aromatic rings. The van der Waals surface area contributed by atoms with Crippen molar-refractivity contribution in [3.63, 3.8) is 0 Å². The zero-order valence-electron chi connectivity index (χ0n) is 18.8. The summed E-state index contributed by atoms with van der Waals surface area (Å²) in [6.07, 6.45) is 5.81. The highest BCUT2D eigenvalue weighted by molar-refractivity contribution is 6.31. The third-order valence-corrected chi connectivity index (χ3v) is 6.71. The Morgan fingerprint density at radius 2 is 1.77 bits per heavy atom. The molecule has 0 saturated heterocycles. The van der Waals surface area contributed by atoms with Crippen LogP contribution in [0.1, 0.15) is 61.3 Å². The van der Waals surface area contributed by atoms with E-state index in [1.54, 1.807) is 4.90 Å². The number of benzene rings is 2. The Bertz CT molecular complexity index is 921. The number of nitrogens with zero attached hydrogens (tertiary/aromatic N) is 1. The van der Waals surface area contributed by atoms with Crippen LogP contribution in [-0.2, 0) is 22.6 Å². The summed E-state index contributed by atoms with van der Waals surface area (Å²) in [7, 11) is 0. The molecule has 1 fully saturated rings. The van der Waals surface area contributed by atoms with E-state index in [2.05, 4.69) is 12.2 Å². The quantitative estimate of drug-likeness (QED) is 0.629. The van der Waals surface area contributed by atoms with Crippen LogP contribution in [0.4, 0.5) is 0 Å². The predicted octanol–water partition coefficient (Wildman–Crippen LogP) is 5.37. The number of nitrogens with one attached hydrogen (secondary N) is 1. The Morgan fingerprint density at radius 1 is 1.06 bits per heavy atom. The monoisotopic (exact) mass is 440 g/mol. The van der Waals surface area contributed by atoms with Gasteiger partial charge in [-0.25, -0.2) is 0 Å². The number of carbonyl (C=O) groups is 2. The first-order chi connectivity index (χ1) is 14.8. The van der Waals surface area contributed by atoms with Crippen LogP contribution in [0.25, 0.3) is 0 Å². The van der Waals surface area contributed by atoms with E-state index < -0.39 is 6.04 Å². The average Bonchev–Trinajstić information content (AvgIpc) is 2.76. The fourth-order valence-electron chi connectivity index (χ4n) is 4.15. The van der Waals surface area contributed by atoms with Gasteiger partial charge in [0.2, 0.25) is 11.8 Å². The van der Waals surface area contributed by atoms with E-state index in [4.69, 9.17) is 11.6 Å². The Hall–Kier alpha value is -2.33. The molecular weight excluding hydrogens is 408 g/mol. The van der Waals surface area contributed by atoms with Crippen molar-refractivity contribution in [2.75, 3.05) is 0 Å².